The maximum Gasteiger partial charge on any atom is 0.387 e. The van der Waals surface area contributed by atoms with E-state index in [1.54, 1.807) is 12.1 Å². The summed E-state index contributed by atoms with van der Waals surface area (Å²) in [6.07, 6.45) is 0. The minimum atomic E-state index is -2.83. The first-order valence-corrected chi connectivity index (χ1v) is 5.55. The summed E-state index contributed by atoms with van der Waals surface area (Å²) < 4.78 is 28.0. The van der Waals surface area contributed by atoms with Gasteiger partial charge in [0.05, 0.1) is 6.54 Å². The number of carbonyl (C=O) groups excluding carboxylic acids is 1. The van der Waals surface area contributed by atoms with Crippen LogP contribution in [0.3, 0.4) is 0 Å². The summed E-state index contributed by atoms with van der Waals surface area (Å²) in [5.74, 6) is -0.0416. The lowest BCUT2D eigenvalue weighted by atomic mass is 10.3. The van der Waals surface area contributed by atoms with Crippen molar-refractivity contribution in [2.24, 2.45) is 0 Å². The molecule has 2 N–H and O–H groups in total. The summed E-state index contributed by atoms with van der Waals surface area (Å²) in [5.41, 5.74) is 0.663. The van der Waals surface area contributed by atoms with Crippen LogP contribution in [0, 0.1) is 0 Å². The largest absolute Gasteiger partial charge is 0.435 e. The van der Waals surface area contributed by atoms with Gasteiger partial charge in [-0.15, -0.1) is 0 Å². The summed E-state index contributed by atoms with van der Waals surface area (Å²) in [6, 6.07) is 6.05. The molecule has 6 heteroatoms. The lowest BCUT2D eigenvalue weighted by molar-refractivity contribution is -0.119. The molecule has 0 spiro atoms. The van der Waals surface area contributed by atoms with Crippen molar-refractivity contribution in [2.75, 3.05) is 11.9 Å². The molecular weight excluding hydrogens is 242 g/mol. The molecule has 0 saturated carbocycles. The fourth-order valence-electron chi connectivity index (χ4n) is 1.31. The van der Waals surface area contributed by atoms with E-state index in [0.717, 1.165) is 0 Å². The molecule has 0 aliphatic heterocycles. The number of alkyl halides is 2. The molecule has 1 amide bonds. The summed E-state index contributed by atoms with van der Waals surface area (Å²) in [7, 11) is 0. The van der Waals surface area contributed by atoms with Crippen molar-refractivity contribution in [3.63, 3.8) is 0 Å². The Kier molecular flexibility index (Phi) is 5.35. The van der Waals surface area contributed by atoms with Crippen LogP contribution in [0.1, 0.15) is 13.8 Å². The minimum absolute atomic E-state index is 0.0844. The number of benzene rings is 1. The van der Waals surface area contributed by atoms with Crippen LogP contribution in [0.2, 0.25) is 0 Å². The lowest BCUT2D eigenvalue weighted by Crippen LogP contribution is -2.34. The van der Waals surface area contributed by atoms with Crippen LogP contribution >= 0.6 is 0 Å². The molecule has 0 atom stereocenters. The monoisotopic (exact) mass is 258 g/mol. The SMILES string of the molecule is CC(C)NC(=O)CNc1ccc(OC(F)F)cc1. The van der Waals surface area contributed by atoms with E-state index in [9.17, 15) is 13.6 Å². The number of anilines is 1. The molecule has 100 valence electrons. The number of rotatable bonds is 6. The highest BCUT2D eigenvalue weighted by Crippen LogP contribution is 2.17. The highest BCUT2D eigenvalue weighted by molar-refractivity contribution is 5.80. The topological polar surface area (TPSA) is 50.4 Å². The minimum Gasteiger partial charge on any atom is -0.435 e. The molecule has 0 unspecified atom stereocenters. The van der Waals surface area contributed by atoms with Gasteiger partial charge in [0.2, 0.25) is 5.91 Å². The Balaban J connectivity index is 2.41. The second-order valence-corrected chi connectivity index (χ2v) is 3.98. The smallest absolute Gasteiger partial charge is 0.387 e. The first-order valence-electron chi connectivity index (χ1n) is 5.55. The van der Waals surface area contributed by atoms with Crippen molar-refractivity contribution in [2.45, 2.75) is 26.5 Å². The zero-order valence-corrected chi connectivity index (χ0v) is 10.2. The molecule has 0 aromatic heterocycles. The fourth-order valence-corrected chi connectivity index (χ4v) is 1.31. The maximum absolute atomic E-state index is 11.9. The average Bonchev–Trinajstić information content (AvgIpc) is 2.26. The predicted octanol–water partition coefficient (Wildman–Crippen LogP) is 2.22. The van der Waals surface area contributed by atoms with E-state index in [1.165, 1.54) is 12.1 Å². The van der Waals surface area contributed by atoms with Gasteiger partial charge in [-0.05, 0) is 38.1 Å². The van der Waals surface area contributed by atoms with Crippen molar-refractivity contribution in [3.05, 3.63) is 24.3 Å². The molecule has 1 aromatic rings. The Hall–Kier alpha value is -1.85. The van der Waals surface area contributed by atoms with E-state index in [2.05, 4.69) is 15.4 Å². The molecular formula is C12H16F2N2O2. The van der Waals surface area contributed by atoms with E-state index >= 15 is 0 Å². The van der Waals surface area contributed by atoms with E-state index in [-0.39, 0.29) is 24.2 Å². The maximum atomic E-state index is 11.9. The summed E-state index contributed by atoms with van der Waals surface area (Å²) in [6.45, 7) is 1.04. The molecule has 0 bridgehead atoms. The Labute approximate surface area is 104 Å². The Bertz CT molecular complexity index is 380. The molecule has 4 nitrogen and oxygen atoms in total. The third-order valence-electron chi connectivity index (χ3n) is 1.98. The first-order chi connectivity index (χ1) is 8.47. The molecule has 0 aliphatic rings. The van der Waals surface area contributed by atoms with Crippen molar-refractivity contribution in [3.8, 4) is 5.75 Å². The van der Waals surface area contributed by atoms with Crippen molar-refractivity contribution >= 4 is 11.6 Å². The third kappa shape index (κ3) is 5.47. The molecule has 0 heterocycles. The number of halogens is 2. The second kappa shape index (κ2) is 6.78. The van der Waals surface area contributed by atoms with Crippen molar-refractivity contribution in [1.82, 2.24) is 5.32 Å². The zero-order chi connectivity index (χ0) is 13.5. The highest BCUT2D eigenvalue weighted by Gasteiger charge is 2.05. The van der Waals surface area contributed by atoms with Gasteiger partial charge in [-0.3, -0.25) is 4.79 Å². The van der Waals surface area contributed by atoms with Gasteiger partial charge in [-0.25, -0.2) is 0 Å². The number of hydrogen-bond donors (Lipinski definition) is 2. The lowest BCUT2D eigenvalue weighted by Gasteiger charge is -2.10. The zero-order valence-electron chi connectivity index (χ0n) is 10.2. The van der Waals surface area contributed by atoms with Crippen LogP contribution in [0.25, 0.3) is 0 Å². The van der Waals surface area contributed by atoms with Gasteiger partial charge in [0, 0.05) is 11.7 Å². The van der Waals surface area contributed by atoms with Gasteiger partial charge in [-0.1, -0.05) is 0 Å². The van der Waals surface area contributed by atoms with Crippen molar-refractivity contribution < 1.29 is 18.3 Å². The van der Waals surface area contributed by atoms with E-state index < -0.39 is 6.61 Å². The molecule has 0 saturated heterocycles. The normalized spacial score (nSPS) is 10.6. The number of hydrogen-bond acceptors (Lipinski definition) is 3. The molecule has 0 fully saturated rings. The predicted molar refractivity (Wildman–Crippen MR) is 64.8 cm³/mol. The fraction of sp³-hybridized carbons (Fsp3) is 0.417. The molecule has 1 aromatic carbocycles. The van der Waals surface area contributed by atoms with Crippen LogP contribution in [0.15, 0.2) is 24.3 Å². The van der Waals surface area contributed by atoms with E-state index in [0.29, 0.717) is 5.69 Å². The van der Waals surface area contributed by atoms with Crippen LogP contribution < -0.4 is 15.4 Å². The Morgan fingerprint density at radius 2 is 1.89 bits per heavy atom. The number of nitrogens with one attached hydrogen (secondary N) is 2. The Morgan fingerprint density at radius 3 is 2.39 bits per heavy atom. The van der Waals surface area contributed by atoms with Crippen molar-refractivity contribution in [1.29, 1.82) is 0 Å². The number of carbonyl (C=O) groups is 1. The third-order valence-corrected chi connectivity index (χ3v) is 1.98. The second-order valence-electron chi connectivity index (χ2n) is 3.98. The Morgan fingerprint density at radius 1 is 1.28 bits per heavy atom. The number of ether oxygens (including phenoxy) is 1. The van der Waals surface area contributed by atoms with E-state index in [4.69, 9.17) is 0 Å². The summed E-state index contributed by atoms with van der Waals surface area (Å²) >= 11 is 0. The van der Waals surface area contributed by atoms with Crippen LogP contribution in [0.5, 0.6) is 5.75 Å². The van der Waals surface area contributed by atoms with Gasteiger partial charge in [0.1, 0.15) is 5.75 Å². The molecule has 0 aliphatic carbocycles. The van der Waals surface area contributed by atoms with Crippen LogP contribution in [-0.2, 0) is 4.79 Å². The molecule has 0 radical (unpaired) electrons. The van der Waals surface area contributed by atoms with Crippen LogP contribution in [0.4, 0.5) is 14.5 Å². The van der Waals surface area contributed by atoms with Gasteiger partial charge in [0.15, 0.2) is 0 Å². The van der Waals surface area contributed by atoms with Gasteiger partial charge in [0.25, 0.3) is 0 Å². The first kappa shape index (κ1) is 14.2. The van der Waals surface area contributed by atoms with Crippen LogP contribution in [-0.4, -0.2) is 25.1 Å². The van der Waals surface area contributed by atoms with E-state index in [1.807, 2.05) is 13.8 Å². The molecule has 1 rings (SSSR count). The van der Waals surface area contributed by atoms with Gasteiger partial charge < -0.3 is 15.4 Å². The molecule has 18 heavy (non-hydrogen) atoms. The summed E-state index contributed by atoms with van der Waals surface area (Å²) in [4.78, 5) is 11.3. The standard InChI is InChI=1S/C12H16F2N2O2/c1-8(2)16-11(17)7-15-9-3-5-10(6-4-9)18-12(13)14/h3-6,8,12,15H,7H2,1-2H3,(H,16,17). The number of amides is 1. The summed E-state index contributed by atoms with van der Waals surface area (Å²) in [5, 5.41) is 5.60. The average molecular weight is 258 g/mol. The highest BCUT2D eigenvalue weighted by atomic mass is 19.3. The van der Waals surface area contributed by atoms with Gasteiger partial charge >= 0.3 is 6.61 Å². The van der Waals surface area contributed by atoms with Gasteiger partial charge in [-0.2, -0.15) is 8.78 Å². The quantitative estimate of drug-likeness (QED) is 0.822.